The lowest BCUT2D eigenvalue weighted by Crippen LogP contribution is -2.23. The Morgan fingerprint density at radius 3 is 2.60 bits per heavy atom. The van der Waals surface area contributed by atoms with Crippen LogP contribution in [0.15, 0.2) is 40.6 Å². The molecule has 0 atom stereocenters. The number of nitrogens with zero attached hydrogens (tertiary/aromatic N) is 5. The van der Waals surface area contributed by atoms with Gasteiger partial charge in [-0.1, -0.05) is 18.5 Å². The normalized spacial score (nSPS) is 10.6. The molecule has 156 valence electrons. The summed E-state index contributed by atoms with van der Waals surface area (Å²) in [5, 5.41) is 31.1. The quantitative estimate of drug-likeness (QED) is 0.326. The van der Waals surface area contributed by atoms with Gasteiger partial charge in [0.25, 0.3) is 5.69 Å². The molecule has 10 heteroatoms. The Hall–Kier alpha value is -3.51. The molecule has 0 aliphatic carbocycles. The van der Waals surface area contributed by atoms with Gasteiger partial charge in [0.15, 0.2) is 0 Å². The largest absolute Gasteiger partial charge is 0.372 e. The fourth-order valence-electron chi connectivity index (χ4n) is 2.82. The molecule has 0 heterocycles. The first kappa shape index (κ1) is 22.8. The zero-order chi connectivity index (χ0) is 22.3. The van der Waals surface area contributed by atoms with Crippen LogP contribution in [-0.2, 0) is 4.79 Å². The average molecular weight is 429 g/mol. The SMILES string of the molecule is CCCN(CC)c1ccc(N=Nc2c(Cl)cc([N+](=O)[O-])cc2C#N)c(NC(C)=O)c1. The van der Waals surface area contributed by atoms with Crippen molar-refractivity contribution in [3.05, 3.63) is 51.0 Å². The molecule has 0 unspecified atom stereocenters. The fraction of sp³-hybridized carbons (Fsp3) is 0.300. The van der Waals surface area contributed by atoms with Gasteiger partial charge in [-0.25, -0.2) is 0 Å². The Morgan fingerprint density at radius 2 is 2.03 bits per heavy atom. The van der Waals surface area contributed by atoms with Crippen molar-refractivity contribution in [3.63, 3.8) is 0 Å². The molecule has 9 nitrogen and oxygen atoms in total. The predicted molar refractivity (Wildman–Crippen MR) is 116 cm³/mol. The summed E-state index contributed by atoms with van der Waals surface area (Å²) in [5.74, 6) is -0.270. The molecule has 0 aromatic heterocycles. The van der Waals surface area contributed by atoms with Crippen molar-refractivity contribution >= 4 is 45.9 Å². The lowest BCUT2D eigenvalue weighted by atomic mass is 10.2. The minimum atomic E-state index is -0.642. The third kappa shape index (κ3) is 5.52. The average Bonchev–Trinajstić information content (AvgIpc) is 2.70. The second-order valence-corrected chi connectivity index (χ2v) is 6.76. The van der Waals surface area contributed by atoms with Crippen molar-refractivity contribution in [1.82, 2.24) is 0 Å². The topological polar surface area (TPSA) is 124 Å². The standard InChI is InChI=1S/C20H21ClN6O3/c1-4-8-26(5-2)15-6-7-18(19(11-15)23-13(3)28)24-25-20-14(12-22)9-16(27(29)30)10-17(20)21/h6-7,9-11H,4-5,8H2,1-3H3,(H,23,28). The first-order valence-corrected chi connectivity index (χ1v) is 9.64. The molecule has 0 aliphatic rings. The van der Waals surface area contributed by atoms with Crippen LogP contribution in [0.1, 0.15) is 32.8 Å². The van der Waals surface area contributed by atoms with Gasteiger partial charge in [0.1, 0.15) is 17.4 Å². The summed E-state index contributed by atoms with van der Waals surface area (Å²) in [6.45, 7) is 7.18. The van der Waals surface area contributed by atoms with Gasteiger partial charge in [-0.15, -0.1) is 10.2 Å². The summed E-state index contributed by atoms with van der Waals surface area (Å²) in [6, 6.07) is 9.40. The van der Waals surface area contributed by atoms with Gasteiger partial charge in [-0.2, -0.15) is 5.26 Å². The smallest absolute Gasteiger partial charge is 0.272 e. The number of hydrogen-bond acceptors (Lipinski definition) is 7. The molecule has 2 aromatic rings. The van der Waals surface area contributed by atoms with Crippen molar-refractivity contribution in [2.24, 2.45) is 10.2 Å². The summed E-state index contributed by atoms with van der Waals surface area (Å²) in [5.41, 5.74) is 1.37. The van der Waals surface area contributed by atoms with Gasteiger partial charge in [-0.05, 0) is 31.5 Å². The van der Waals surface area contributed by atoms with Crippen LogP contribution in [0.5, 0.6) is 0 Å². The van der Waals surface area contributed by atoms with Gasteiger partial charge in [0, 0.05) is 37.8 Å². The highest BCUT2D eigenvalue weighted by Gasteiger charge is 2.16. The Labute approximate surface area is 179 Å². The summed E-state index contributed by atoms with van der Waals surface area (Å²) in [7, 11) is 0. The number of non-ortho nitro benzene ring substituents is 1. The van der Waals surface area contributed by atoms with Crippen molar-refractivity contribution < 1.29 is 9.72 Å². The van der Waals surface area contributed by atoms with E-state index in [0.29, 0.717) is 11.4 Å². The van der Waals surface area contributed by atoms with Crippen LogP contribution < -0.4 is 10.2 Å². The summed E-state index contributed by atoms with van der Waals surface area (Å²) in [4.78, 5) is 24.1. The number of nitriles is 1. The second-order valence-electron chi connectivity index (χ2n) is 6.35. The number of hydrogen-bond donors (Lipinski definition) is 1. The van der Waals surface area contributed by atoms with Crippen molar-refractivity contribution in [3.8, 4) is 6.07 Å². The van der Waals surface area contributed by atoms with Crippen LogP contribution in [0.4, 0.5) is 28.4 Å². The molecular formula is C20H21ClN6O3. The summed E-state index contributed by atoms with van der Waals surface area (Å²) >= 11 is 6.08. The van der Waals surface area contributed by atoms with Gasteiger partial charge in [-0.3, -0.25) is 14.9 Å². The number of benzene rings is 2. The van der Waals surface area contributed by atoms with E-state index in [1.807, 2.05) is 19.1 Å². The Balaban J connectivity index is 2.49. The predicted octanol–water partition coefficient (Wildman–Crippen LogP) is 5.73. The zero-order valence-corrected chi connectivity index (χ0v) is 17.6. The number of amides is 1. The Morgan fingerprint density at radius 1 is 1.30 bits per heavy atom. The maximum absolute atomic E-state index is 11.6. The molecule has 0 spiro atoms. The van der Waals surface area contributed by atoms with Gasteiger partial charge < -0.3 is 10.2 Å². The fourth-order valence-corrected chi connectivity index (χ4v) is 3.07. The number of nitro groups is 1. The highest BCUT2D eigenvalue weighted by molar-refractivity contribution is 6.33. The Kier molecular flexibility index (Phi) is 7.83. The van der Waals surface area contributed by atoms with Crippen LogP contribution in [0.3, 0.4) is 0 Å². The van der Waals surface area contributed by atoms with E-state index in [-0.39, 0.29) is 27.9 Å². The number of nitrogens with one attached hydrogen (secondary N) is 1. The lowest BCUT2D eigenvalue weighted by Gasteiger charge is -2.23. The summed E-state index contributed by atoms with van der Waals surface area (Å²) < 4.78 is 0. The van der Waals surface area contributed by atoms with Crippen LogP contribution in [-0.4, -0.2) is 23.9 Å². The van der Waals surface area contributed by atoms with Crippen molar-refractivity contribution in [1.29, 1.82) is 5.26 Å². The highest BCUT2D eigenvalue weighted by Crippen LogP contribution is 2.36. The number of anilines is 2. The molecule has 2 rings (SSSR count). The third-order valence-electron chi connectivity index (χ3n) is 4.17. The minimum Gasteiger partial charge on any atom is -0.372 e. The molecule has 0 bridgehead atoms. The van der Waals surface area contributed by atoms with Gasteiger partial charge in [0.05, 0.1) is 21.2 Å². The first-order valence-electron chi connectivity index (χ1n) is 9.27. The highest BCUT2D eigenvalue weighted by atomic mass is 35.5. The minimum absolute atomic E-state index is 0.0174. The molecule has 0 aliphatic heterocycles. The monoisotopic (exact) mass is 428 g/mol. The van der Waals surface area contributed by atoms with E-state index in [2.05, 4.69) is 27.4 Å². The maximum Gasteiger partial charge on any atom is 0.272 e. The van der Waals surface area contributed by atoms with E-state index in [1.54, 1.807) is 12.1 Å². The maximum atomic E-state index is 11.6. The number of rotatable bonds is 8. The van der Waals surface area contributed by atoms with E-state index >= 15 is 0 Å². The lowest BCUT2D eigenvalue weighted by molar-refractivity contribution is -0.384. The molecule has 2 aromatic carbocycles. The first-order chi connectivity index (χ1) is 14.3. The van der Waals surface area contributed by atoms with Crippen LogP contribution in [0.25, 0.3) is 0 Å². The zero-order valence-electron chi connectivity index (χ0n) is 16.8. The number of halogens is 1. The van der Waals surface area contributed by atoms with Gasteiger partial charge in [0.2, 0.25) is 5.91 Å². The molecule has 1 N–H and O–H groups in total. The summed E-state index contributed by atoms with van der Waals surface area (Å²) in [6.07, 6.45) is 0.973. The van der Waals surface area contributed by atoms with E-state index in [9.17, 15) is 20.2 Å². The number of nitro benzene ring substituents is 1. The molecule has 0 saturated carbocycles. The second kappa shape index (κ2) is 10.3. The van der Waals surface area contributed by atoms with Crippen molar-refractivity contribution in [2.45, 2.75) is 27.2 Å². The molecular weight excluding hydrogens is 408 g/mol. The van der Waals surface area contributed by atoms with Crippen LogP contribution in [0.2, 0.25) is 5.02 Å². The van der Waals surface area contributed by atoms with Gasteiger partial charge >= 0.3 is 0 Å². The number of carbonyl (C=O) groups excluding carboxylic acids is 1. The van der Waals surface area contributed by atoms with Crippen molar-refractivity contribution in [2.75, 3.05) is 23.3 Å². The van der Waals surface area contributed by atoms with E-state index < -0.39 is 4.92 Å². The molecule has 30 heavy (non-hydrogen) atoms. The van der Waals surface area contributed by atoms with Crippen LogP contribution >= 0.6 is 11.6 Å². The third-order valence-corrected chi connectivity index (χ3v) is 4.46. The van der Waals surface area contributed by atoms with E-state index in [1.165, 1.54) is 6.92 Å². The number of azo groups is 1. The Bertz CT molecular complexity index is 1030. The van der Waals surface area contributed by atoms with E-state index in [4.69, 9.17) is 11.6 Å². The molecule has 0 fully saturated rings. The molecule has 0 radical (unpaired) electrons. The van der Waals surface area contributed by atoms with E-state index in [0.717, 1.165) is 37.3 Å². The molecule has 0 saturated heterocycles. The van der Waals surface area contributed by atoms with Crippen LogP contribution in [0, 0.1) is 21.4 Å². The number of carbonyl (C=O) groups is 1. The molecule has 1 amide bonds.